The van der Waals surface area contributed by atoms with Gasteiger partial charge in [-0.15, -0.1) is 0 Å². The van der Waals surface area contributed by atoms with E-state index in [1.807, 2.05) is 24.6 Å². The van der Waals surface area contributed by atoms with Crippen molar-refractivity contribution in [2.75, 3.05) is 11.9 Å². The number of pyridine rings is 1. The molecule has 0 unspecified atom stereocenters. The molecule has 0 atom stereocenters. The van der Waals surface area contributed by atoms with Gasteiger partial charge in [0.15, 0.2) is 11.4 Å². The van der Waals surface area contributed by atoms with E-state index in [0.717, 1.165) is 11.0 Å². The van der Waals surface area contributed by atoms with E-state index in [4.69, 9.17) is 4.42 Å². The molecule has 136 valence electrons. The van der Waals surface area contributed by atoms with Crippen molar-refractivity contribution >= 4 is 28.5 Å². The van der Waals surface area contributed by atoms with Gasteiger partial charge in [-0.2, -0.15) is 5.10 Å². The molecule has 0 spiro atoms. The molecule has 0 aliphatic rings. The second kappa shape index (κ2) is 7.81. The van der Waals surface area contributed by atoms with Gasteiger partial charge in [-0.3, -0.25) is 9.59 Å². The van der Waals surface area contributed by atoms with Crippen molar-refractivity contribution in [1.29, 1.82) is 0 Å². The summed E-state index contributed by atoms with van der Waals surface area (Å²) >= 11 is 0. The minimum Gasteiger partial charge on any atom is -0.459 e. The van der Waals surface area contributed by atoms with Gasteiger partial charge in [-0.1, -0.05) is 0 Å². The van der Waals surface area contributed by atoms with E-state index in [9.17, 15) is 9.59 Å². The molecule has 3 aromatic rings. The third-order valence-corrected chi connectivity index (χ3v) is 3.82. The SMILES string of the molecule is CC(C)n1ncc2cc(NC(=O)CCCNC(=O)c3ccco3)cnc21. The summed E-state index contributed by atoms with van der Waals surface area (Å²) in [7, 11) is 0. The van der Waals surface area contributed by atoms with Crippen molar-refractivity contribution in [3.8, 4) is 0 Å². The van der Waals surface area contributed by atoms with Crippen molar-refractivity contribution in [3.63, 3.8) is 0 Å². The summed E-state index contributed by atoms with van der Waals surface area (Å²) in [5.41, 5.74) is 1.42. The van der Waals surface area contributed by atoms with Crippen molar-refractivity contribution in [3.05, 3.63) is 42.6 Å². The van der Waals surface area contributed by atoms with Gasteiger partial charge in [0.25, 0.3) is 5.91 Å². The number of fused-ring (bicyclic) bond motifs is 1. The molecule has 3 heterocycles. The zero-order valence-corrected chi connectivity index (χ0v) is 14.7. The van der Waals surface area contributed by atoms with Crippen molar-refractivity contribution < 1.29 is 14.0 Å². The molecule has 3 rings (SSSR count). The van der Waals surface area contributed by atoms with E-state index >= 15 is 0 Å². The minimum absolute atomic E-state index is 0.130. The predicted molar refractivity (Wildman–Crippen MR) is 96.8 cm³/mol. The Labute approximate surface area is 150 Å². The summed E-state index contributed by atoms with van der Waals surface area (Å²) in [5, 5.41) is 10.7. The van der Waals surface area contributed by atoms with Gasteiger partial charge in [0.05, 0.1) is 24.3 Å². The number of nitrogens with one attached hydrogen (secondary N) is 2. The quantitative estimate of drug-likeness (QED) is 0.635. The molecule has 0 radical (unpaired) electrons. The van der Waals surface area contributed by atoms with E-state index in [2.05, 4.69) is 20.7 Å². The number of nitrogens with zero attached hydrogens (tertiary/aromatic N) is 3. The van der Waals surface area contributed by atoms with Crippen LogP contribution in [0.4, 0.5) is 5.69 Å². The van der Waals surface area contributed by atoms with Gasteiger partial charge in [-0.25, -0.2) is 9.67 Å². The first-order valence-electron chi connectivity index (χ1n) is 8.49. The molecular formula is C18H21N5O3. The van der Waals surface area contributed by atoms with Gasteiger partial charge in [0.1, 0.15) is 0 Å². The average Bonchev–Trinajstić information content (AvgIpc) is 3.27. The first-order valence-corrected chi connectivity index (χ1v) is 8.49. The number of rotatable bonds is 7. The van der Waals surface area contributed by atoms with Crippen LogP contribution >= 0.6 is 0 Å². The second-order valence-corrected chi connectivity index (χ2v) is 6.20. The lowest BCUT2D eigenvalue weighted by Crippen LogP contribution is -2.25. The first-order chi connectivity index (χ1) is 12.5. The van der Waals surface area contributed by atoms with E-state index in [-0.39, 0.29) is 23.6 Å². The fraction of sp³-hybridized carbons (Fsp3) is 0.333. The summed E-state index contributed by atoms with van der Waals surface area (Å²) in [6, 6.07) is 5.31. The van der Waals surface area contributed by atoms with Crippen molar-refractivity contribution in [2.45, 2.75) is 32.7 Å². The van der Waals surface area contributed by atoms with Gasteiger partial charge in [0, 0.05) is 24.4 Å². The molecule has 2 N–H and O–H groups in total. The number of amides is 2. The lowest BCUT2D eigenvalue weighted by atomic mass is 10.2. The number of hydrogen-bond acceptors (Lipinski definition) is 5. The molecule has 26 heavy (non-hydrogen) atoms. The van der Waals surface area contributed by atoms with Gasteiger partial charge in [0.2, 0.25) is 5.91 Å². The number of carbonyl (C=O) groups is 2. The highest BCUT2D eigenvalue weighted by molar-refractivity contribution is 5.93. The summed E-state index contributed by atoms with van der Waals surface area (Å²) in [6.07, 6.45) is 5.63. The Morgan fingerprint density at radius 1 is 1.31 bits per heavy atom. The monoisotopic (exact) mass is 355 g/mol. The zero-order chi connectivity index (χ0) is 18.5. The Hall–Kier alpha value is -3.16. The highest BCUT2D eigenvalue weighted by Gasteiger charge is 2.10. The standard InChI is InChI=1S/C18H21N5O3/c1-12(2)23-17-13(10-21-23)9-14(11-20-17)22-16(24)6-3-7-19-18(25)15-5-4-8-26-15/h4-5,8-12H,3,6-7H2,1-2H3,(H,19,25)(H,22,24). The number of anilines is 1. The summed E-state index contributed by atoms with van der Waals surface area (Å²) < 4.78 is 6.83. The summed E-state index contributed by atoms with van der Waals surface area (Å²) in [6.45, 7) is 4.47. The number of carbonyl (C=O) groups excluding carboxylic acids is 2. The predicted octanol–water partition coefficient (Wildman–Crippen LogP) is 2.75. The molecule has 0 aliphatic heterocycles. The lowest BCUT2D eigenvalue weighted by Gasteiger charge is -2.08. The van der Waals surface area contributed by atoms with Crippen LogP contribution in [0.15, 0.2) is 41.3 Å². The summed E-state index contributed by atoms with van der Waals surface area (Å²) in [5.74, 6) is -0.155. The van der Waals surface area contributed by atoms with Crippen LogP contribution in [-0.4, -0.2) is 33.1 Å². The van der Waals surface area contributed by atoms with Crippen LogP contribution in [0.2, 0.25) is 0 Å². The third-order valence-electron chi connectivity index (χ3n) is 3.82. The maximum atomic E-state index is 12.0. The number of aromatic nitrogens is 3. The first kappa shape index (κ1) is 17.7. The molecular weight excluding hydrogens is 334 g/mol. The molecule has 0 aromatic carbocycles. The van der Waals surface area contributed by atoms with Gasteiger partial charge in [-0.05, 0) is 38.5 Å². The van der Waals surface area contributed by atoms with Crippen LogP contribution in [0.5, 0.6) is 0 Å². The summed E-state index contributed by atoms with van der Waals surface area (Å²) in [4.78, 5) is 28.1. The minimum atomic E-state index is -0.285. The highest BCUT2D eigenvalue weighted by Crippen LogP contribution is 2.19. The second-order valence-electron chi connectivity index (χ2n) is 6.20. The smallest absolute Gasteiger partial charge is 0.286 e. The molecule has 0 saturated carbocycles. The zero-order valence-electron chi connectivity index (χ0n) is 14.7. The molecule has 2 amide bonds. The van der Waals surface area contributed by atoms with Crippen LogP contribution in [-0.2, 0) is 4.79 Å². The molecule has 3 aromatic heterocycles. The lowest BCUT2D eigenvalue weighted by molar-refractivity contribution is -0.116. The molecule has 0 bridgehead atoms. The Balaban J connectivity index is 1.47. The normalized spacial score (nSPS) is 11.0. The average molecular weight is 355 g/mol. The Morgan fingerprint density at radius 2 is 2.15 bits per heavy atom. The van der Waals surface area contributed by atoms with E-state index in [1.165, 1.54) is 6.26 Å². The van der Waals surface area contributed by atoms with E-state index in [1.54, 1.807) is 24.5 Å². The molecule has 8 heteroatoms. The Morgan fingerprint density at radius 3 is 2.88 bits per heavy atom. The van der Waals surface area contributed by atoms with Crippen LogP contribution in [0.1, 0.15) is 43.3 Å². The van der Waals surface area contributed by atoms with Gasteiger partial charge >= 0.3 is 0 Å². The molecule has 0 fully saturated rings. The largest absolute Gasteiger partial charge is 0.459 e. The van der Waals surface area contributed by atoms with Crippen LogP contribution in [0, 0.1) is 0 Å². The fourth-order valence-electron chi connectivity index (χ4n) is 2.56. The molecule has 0 saturated heterocycles. The Bertz CT molecular complexity index is 899. The van der Waals surface area contributed by atoms with Crippen LogP contribution in [0.25, 0.3) is 11.0 Å². The van der Waals surface area contributed by atoms with Crippen LogP contribution < -0.4 is 10.6 Å². The maximum Gasteiger partial charge on any atom is 0.286 e. The number of furan rings is 1. The van der Waals surface area contributed by atoms with Crippen molar-refractivity contribution in [1.82, 2.24) is 20.1 Å². The third kappa shape index (κ3) is 4.08. The molecule has 8 nitrogen and oxygen atoms in total. The topological polar surface area (TPSA) is 102 Å². The highest BCUT2D eigenvalue weighted by atomic mass is 16.3. The molecule has 0 aliphatic carbocycles. The van der Waals surface area contributed by atoms with E-state index in [0.29, 0.717) is 25.1 Å². The van der Waals surface area contributed by atoms with Gasteiger partial charge < -0.3 is 15.1 Å². The van der Waals surface area contributed by atoms with Crippen molar-refractivity contribution in [2.24, 2.45) is 0 Å². The maximum absolute atomic E-state index is 12.0. The van der Waals surface area contributed by atoms with Crippen LogP contribution in [0.3, 0.4) is 0 Å². The van der Waals surface area contributed by atoms with E-state index < -0.39 is 0 Å². The number of hydrogen-bond donors (Lipinski definition) is 2. The Kier molecular flexibility index (Phi) is 5.31. The fourth-order valence-corrected chi connectivity index (χ4v) is 2.56.